The lowest BCUT2D eigenvalue weighted by Gasteiger charge is -2.13. The molecule has 0 aromatic heterocycles. The van der Waals surface area contributed by atoms with Gasteiger partial charge in [0.25, 0.3) is 0 Å². The summed E-state index contributed by atoms with van der Waals surface area (Å²) >= 11 is 5.81. The molecule has 0 amide bonds. The third-order valence-corrected chi connectivity index (χ3v) is 4.44. The van der Waals surface area contributed by atoms with E-state index < -0.39 is 0 Å². The second-order valence-corrected chi connectivity index (χ2v) is 6.90. The van der Waals surface area contributed by atoms with Crippen molar-refractivity contribution in [3.05, 3.63) is 49.5 Å². The molecule has 2 aromatic carbocycles. The Morgan fingerprint density at radius 3 is 2.95 bits per heavy atom. The molecule has 0 fully saturated rings. The molecule has 3 N–H and O–H groups in total. The van der Waals surface area contributed by atoms with Crippen LogP contribution in [0.5, 0.6) is 5.75 Å². The number of fused-ring (bicyclic) bond motifs is 1. The minimum atomic E-state index is 0.701. The van der Waals surface area contributed by atoms with Crippen LogP contribution in [-0.4, -0.2) is 6.61 Å². The molecule has 0 radical (unpaired) electrons. The summed E-state index contributed by atoms with van der Waals surface area (Å²) < 4.78 is 7.96. The number of ether oxygens (including phenoxy) is 1. The summed E-state index contributed by atoms with van der Waals surface area (Å²) in [5.74, 6) is 1.02. The first kappa shape index (κ1) is 14.0. The van der Waals surface area contributed by atoms with Crippen molar-refractivity contribution in [3.63, 3.8) is 0 Å². The zero-order valence-corrected chi connectivity index (χ0v) is 14.5. The van der Waals surface area contributed by atoms with Crippen molar-refractivity contribution in [1.29, 1.82) is 0 Å². The quantitative estimate of drug-likeness (QED) is 0.551. The Bertz CT molecular complexity index is 661. The van der Waals surface area contributed by atoms with Crippen LogP contribution in [0.4, 0.5) is 11.4 Å². The first-order chi connectivity index (χ1) is 9.63. The third-order valence-electron chi connectivity index (χ3n) is 3.31. The molecular weight excluding hydrogens is 431 g/mol. The average Bonchev–Trinajstić information content (AvgIpc) is 2.85. The SMILES string of the molecule is Nc1cc(I)ccc1NCc1cc(Br)cc2c1OCC2. The number of benzene rings is 2. The lowest BCUT2D eigenvalue weighted by Crippen LogP contribution is -2.04. The van der Waals surface area contributed by atoms with Gasteiger partial charge in [0, 0.05) is 26.6 Å². The van der Waals surface area contributed by atoms with E-state index in [2.05, 4.69) is 56.0 Å². The second kappa shape index (κ2) is 5.81. The minimum Gasteiger partial charge on any atom is -0.493 e. The van der Waals surface area contributed by atoms with E-state index in [1.54, 1.807) is 0 Å². The van der Waals surface area contributed by atoms with Gasteiger partial charge < -0.3 is 15.8 Å². The molecule has 3 nitrogen and oxygen atoms in total. The summed E-state index contributed by atoms with van der Waals surface area (Å²) in [6, 6.07) is 10.2. The Morgan fingerprint density at radius 1 is 1.30 bits per heavy atom. The van der Waals surface area contributed by atoms with E-state index in [4.69, 9.17) is 10.5 Å². The molecular formula is C15H14BrIN2O. The largest absolute Gasteiger partial charge is 0.493 e. The Kier molecular flexibility index (Phi) is 4.07. The van der Waals surface area contributed by atoms with Crippen LogP contribution in [0.3, 0.4) is 0 Å². The maximum absolute atomic E-state index is 6.02. The molecule has 0 atom stereocenters. The van der Waals surface area contributed by atoms with E-state index >= 15 is 0 Å². The third kappa shape index (κ3) is 2.88. The molecule has 0 unspecified atom stereocenters. The fraction of sp³-hybridized carbons (Fsp3) is 0.200. The van der Waals surface area contributed by atoms with Crippen molar-refractivity contribution in [2.24, 2.45) is 0 Å². The molecule has 20 heavy (non-hydrogen) atoms. The van der Waals surface area contributed by atoms with Gasteiger partial charge in [-0.2, -0.15) is 0 Å². The van der Waals surface area contributed by atoms with Crippen LogP contribution in [0, 0.1) is 3.57 Å². The van der Waals surface area contributed by atoms with E-state index in [0.717, 1.165) is 43.8 Å². The number of nitrogens with two attached hydrogens (primary N) is 1. The van der Waals surface area contributed by atoms with Crippen LogP contribution < -0.4 is 15.8 Å². The number of hydrogen-bond acceptors (Lipinski definition) is 3. The molecule has 1 heterocycles. The molecule has 0 bridgehead atoms. The highest BCUT2D eigenvalue weighted by Gasteiger charge is 2.17. The van der Waals surface area contributed by atoms with Crippen molar-refractivity contribution in [3.8, 4) is 5.75 Å². The van der Waals surface area contributed by atoms with Gasteiger partial charge >= 0.3 is 0 Å². The first-order valence-corrected chi connectivity index (χ1v) is 8.23. The molecule has 1 aliphatic rings. The summed E-state index contributed by atoms with van der Waals surface area (Å²) in [5, 5.41) is 3.38. The van der Waals surface area contributed by atoms with Gasteiger partial charge in [0.15, 0.2) is 0 Å². The van der Waals surface area contributed by atoms with Gasteiger partial charge in [0.1, 0.15) is 5.75 Å². The highest BCUT2D eigenvalue weighted by Crippen LogP contribution is 2.33. The second-order valence-electron chi connectivity index (χ2n) is 4.74. The van der Waals surface area contributed by atoms with Gasteiger partial charge in [-0.15, -0.1) is 0 Å². The van der Waals surface area contributed by atoms with Crippen molar-refractivity contribution >= 4 is 49.9 Å². The van der Waals surface area contributed by atoms with Crippen molar-refractivity contribution < 1.29 is 4.74 Å². The molecule has 3 rings (SSSR count). The molecule has 0 spiro atoms. The highest BCUT2D eigenvalue weighted by molar-refractivity contribution is 14.1. The fourth-order valence-electron chi connectivity index (χ4n) is 2.36. The van der Waals surface area contributed by atoms with E-state index in [0.29, 0.717) is 6.54 Å². The zero-order chi connectivity index (χ0) is 14.1. The van der Waals surface area contributed by atoms with Gasteiger partial charge in [0.05, 0.1) is 18.0 Å². The van der Waals surface area contributed by atoms with Crippen molar-refractivity contribution in [2.75, 3.05) is 17.7 Å². The Balaban J connectivity index is 1.82. The number of hydrogen-bond donors (Lipinski definition) is 2. The average molecular weight is 445 g/mol. The topological polar surface area (TPSA) is 47.3 Å². The van der Waals surface area contributed by atoms with Crippen LogP contribution in [0.1, 0.15) is 11.1 Å². The summed E-state index contributed by atoms with van der Waals surface area (Å²) in [4.78, 5) is 0. The molecule has 5 heteroatoms. The summed E-state index contributed by atoms with van der Waals surface area (Å²) in [7, 11) is 0. The van der Waals surface area contributed by atoms with Gasteiger partial charge in [-0.25, -0.2) is 0 Å². The smallest absolute Gasteiger partial charge is 0.127 e. The zero-order valence-electron chi connectivity index (χ0n) is 10.7. The summed E-state index contributed by atoms with van der Waals surface area (Å²) in [6.45, 7) is 1.47. The molecule has 0 saturated heterocycles. The van der Waals surface area contributed by atoms with Crippen LogP contribution >= 0.6 is 38.5 Å². The highest BCUT2D eigenvalue weighted by atomic mass is 127. The number of nitrogen functional groups attached to an aromatic ring is 1. The normalized spacial score (nSPS) is 12.9. The number of anilines is 2. The predicted molar refractivity (Wildman–Crippen MR) is 94.2 cm³/mol. The molecule has 104 valence electrons. The van der Waals surface area contributed by atoms with Crippen molar-refractivity contribution in [2.45, 2.75) is 13.0 Å². The molecule has 0 saturated carbocycles. The van der Waals surface area contributed by atoms with Crippen LogP contribution in [0.15, 0.2) is 34.8 Å². The number of rotatable bonds is 3. The van der Waals surface area contributed by atoms with E-state index in [1.165, 1.54) is 5.56 Å². The maximum atomic E-state index is 6.02. The Hall–Kier alpha value is -0.950. The first-order valence-electron chi connectivity index (χ1n) is 6.36. The van der Waals surface area contributed by atoms with E-state index in [1.807, 2.05) is 18.2 Å². The monoisotopic (exact) mass is 444 g/mol. The molecule has 0 aliphatic carbocycles. The van der Waals surface area contributed by atoms with Crippen LogP contribution in [0.25, 0.3) is 0 Å². The van der Waals surface area contributed by atoms with Crippen molar-refractivity contribution in [1.82, 2.24) is 0 Å². The standard InChI is InChI=1S/C15H14BrIN2O/c16-11-5-9-3-4-20-15(9)10(6-11)8-19-14-2-1-12(17)7-13(14)18/h1-2,5-7,19H,3-4,8,18H2. The predicted octanol–water partition coefficient (Wildman–Crippen LogP) is 4.18. The molecule has 1 aliphatic heterocycles. The molecule has 2 aromatic rings. The van der Waals surface area contributed by atoms with Gasteiger partial charge in [0.2, 0.25) is 0 Å². The van der Waals surface area contributed by atoms with Crippen LogP contribution in [-0.2, 0) is 13.0 Å². The lowest BCUT2D eigenvalue weighted by molar-refractivity contribution is 0.354. The van der Waals surface area contributed by atoms with E-state index in [9.17, 15) is 0 Å². The lowest BCUT2D eigenvalue weighted by atomic mass is 10.1. The van der Waals surface area contributed by atoms with Gasteiger partial charge in [-0.3, -0.25) is 0 Å². The Labute approximate surface area is 140 Å². The van der Waals surface area contributed by atoms with E-state index in [-0.39, 0.29) is 0 Å². The van der Waals surface area contributed by atoms with Crippen LogP contribution in [0.2, 0.25) is 0 Å². The number of nitrogens with one attached hydrogen (secondary N) is 1. The fourth-order valence-corrected chi connectivity index (χ4v) is 3.43. The van der Waals surface area contributed by atoms with Gasteiger partial charge in [-0.1, -0.05) is 15.9 Å². The minimum absolute atomic E-state index is 0.701. The summed E-state index contributed by atoms with van der Waals surface area (Å²) in [6.07, 6.45) is 0.980. The summed E-state index contributed by atoms with van der Waals surface area (Å²) in [5.41, 5.74) is 10.2. The maximum Gasteiger partial charge on any atom is 0.127 e. The number of halogens is 2. The Morgan fingerprint density at radius 2 is 2.15 bits per heavy atom. The van der Waals surface area contributed by atoms with Gasteiger partial charge in [-0.05, 0) is 58.5 Å².